The van der Waals surface area contributed by atoms with Gasteiger partial charge in [0.15, 0.2) is 6.10 Å². The Balaban J connectivity index is 1.96. The Labute approximate surface area is 98.5 Å². The second-order valence-electron chi connectivity index (χ2n) is 3.43. The SMILES string of the molecule is O=C(Nc1cccc(Cl)c1)C1COCCO1. The molecule has 0 bridgehead atoms. The summed E-state index contributed by atoms with van der Waals surface area (Å²) in [7, 11) is 0. The van der Waals surface area contributed by atoms with Crippen LogP contribution in [0.5, 0.6) is 0 Å². The van der Waals surface area contributed by atoms with Gasteiger partial charge in [0.2, 0.25) is 0 Å². The fourth-order valence-corrected chi connectivity index (χ4v) is 1.62. The number of nitrogens with one attached hydrogen (secondary N) is 1. The van der Waals surface area contributed by atoms with Crippen molar-refractivity contribution in [3.8, 4) is 0 Å². The van der Waals surface area contributed by atoms with E-state index in [0.29, 0.717) is 30.5 Å². The van der Waals surface area contributed by atoms with Crippen molar-refractivity contribution in [3.05, 3.63) is 29.3 Å². The molecule has 1 heterocycles. The molecule has 1 aromatic carbocycles. The Morgan fingerprint density at radius 3 is 3.00 bits per heavy atom. The van der Waals surface area contributed by atoms with Crippen LogP contribution in [0.4, 0.5) is 5.69 Å². The van der Waals surface area contributed by atoms with Crippen molar-refractivity contribution in [2.45, 2.75) is 6.10 Å². The van der Waals surface area contributed by atoms with E-state index < -0.39 is 6.10 Å². The van der Waals surface area contributed by atoms with Gasteiger partial charge in [-0.15, -0.1) is 0 Å². The molecule has 0 radical (unpaired) electrons. The standard InChI is InChI=1S/C11H12ClNO3/c12-8-2-1-3-9(6-8)13-11(14)10-7-15-4-5-16-10/h1-3,6,10H,4-5,7H2,(H,13,14). The van der Waals surface area contributed by atoms with Gasteiger partial charge in [-0.25, -0.2) is 0 Å². The van der Waals surface area contributed by atoms with Gasteiger partial charge in [-0.3, -0.25) is 4.79 Å². The predicted octanol–water partition coefficient (Wildman–Crippen LogP) is 1.69. The summed E-state index contributed by atoms with van der Waals surface area (Å²) in [5, 5.41) is 3.31. The van der Waals surface area contributed by atoms with E-state index in [2.05, 4.69) is 5.32 Å². The molecule has 1 amide bonds. The summed E-state index contributed by atoms with van der Waals surface area (Å²) >= 11 is 5.81. The normalized spacial score (nSPS) is 20.4. The zero-order valence-electron chi connectivity index (χ0n) is 8.61. The zero-order chi connectivity index (χ0) is 11.4. The molecule has 2 rings (SSSR count). The Kier molecular flexibility index (Phi) is 3.77. The summed E-state index contributed by atoms with van der Waals surface area (Å²) in [6.07, 6.45) is -0.535. The molecule has 1 N–H and O–H groups in total. The van der Waals surface area contributed by atoms with Crippen LogP contribution in [-0.4, -0.2) is 31.8 Å². The second kappa shape index (κ2) is 5.30. The van der Waals surface area contributed by atoms with Crippen molar-refractivity contribution in [1.82, 2.24) is 0 Å². The van der Waals surface area contributed by atoms with Crippen LogP contribution in [-0.2, 0) is 14.3 Å². The summed E-state index contributed by atoms with van der Waals surface area (Å²) in [5.74, 6) is -0.207. The van der Waals surface area contributed by atoms with Crippen molar-refractivity contribution >= 4 is 23.2 Å². The Hall–Kier alpha value is -1.10. The molecule has 0 aliphatic carbocycles. The number of ether oxygens (including phenoxy) is 2. The van der Waals surface area contributed by atoms with Gasteiger partial charge in [-0.1, -0.05) is 17.7 Å². The summed E-state index contributed by atoms with van der Waals surface area (Å²) in [4.78, 5) is 11.7. The number of hydrogen-bond acceptors (Lipinski definition) is 3. The highest BCUT2D eigenvalue weighted by molar-refractivity contribution is 6.30. The number of carbonyl (C=O) groups excluding carboxylic acids is 1. The molecule has 1 aromatic rings. The molecule has 0 spiro atoms. The number of rotatable bonds is 2. The molecular weight excluding hydrogens is 230 g/mol. The van der Waals surface area contributed by atoms with Gasteiger partial charge in [0, 0.05) is 10.7 Å². The van der Waals surface area contributed by atoms with Gasteiger partial charge in [0.05, 0.1) is 19.8 Å². The first-order valence-corrected chi connectivity index (χ1v) is 5.39. The van der Waals surface area contributed by atoms with Gasteiger partial charge in [0.1, 0.15) is 0 Å². The Morgan fingerprint density at radius 2 is 2.31 bits per heavy atom. The highest BCUT2D eigenvalue weighted by atomic mass is 35.5. The topological polar surface area (TPSA) is 47.6 Å². The highest BCUT2D eigenvalue weighted by Gasteiger charge is 2.22. The molecule has 4 nitrogen and oxygen atoms in total. The lowest BCUT2D eigenvalue weighted by atomic mass is 10.3. The second-order valence-corrected chi connectivity index (χ2v) is 3.87. The molecule has 1 unspecified atom stereocenters. The van der Waals surface area contributed by atoms with E-state index in [-0.39, 0.29) is 5.91 Å². The van der Waals surface area contributed by atoms with E-state index in [0.717, 1.165) is 0 Å². The van der Waals surface area contributed by atoms with Crippen molar-refractivity contribution in [2.24, 2.45) is 0 Å². The van der Waals surface area contributed by atoms with E-state index in [9.17, 15) is 4.79 Å². The van der Waals surface area contributed by atoms with Gasteiger partial charge >= 0.3 is 0 Å². The van der Waals surface area contributed by atoms with Gasteiger partial charge in [-0.2, -0.15) is 0 Å². The van der Waals surface area contributed by atoms with Gasteiger partial charge in [0.25, 0.3) is 5.91 Å². The number of benzene rings is 1. The molecule has 1 fully saturated rings. The van der Waals surface area contributed by atoms with Crippen molar-refractivity contribution in [3.63, 3.8) is 0 Å². The van der Waals surface area contributed by atoms with E-state index in [1.165, 1.54) is 0 Å². The van der Waals surface area contributed by atoms with Crippen molar-refractivity contribution in [1.29, 1.82) is 0 Å². The number of halogens is 1. The van der Waals surface area contributed by atoms with Crippen LogP contribution in [0.25, 0.3) is 0 Å². The summed E-state index contributed by atoms with van der Waals surface area (Å²) in [6, 6.07) is 6.98. The van der Waals surface area contributed by atoms with Crippen molar-refractivity contribution in [2.75, 3.05) is 25.1 Å². The third-order valence-corrected chi connectivity index (χ3v) is 2.44. The number of hydrogen-bond donors (Lipinski definition) is 1. The van der Waals surface area contributed by atoms with E-state index in [1.54, 1.807) is 24.3 Å². The molecule has 86 valence electrons. The summed E-state index contributed by atoms with van der Waals surface area (Å²) in [5.41, 5.74) is 0.659. The molecule has 5 heteroatoms. The van der Waals surface area contributed by atoms with Crippen LogP contribution in [0.1, 0.15) is 0 Å². The van der Waals surface area contributed by atoms with Crippen LogP contribution < -0.4 is 5.32 Å². The molecule has 1 aliphatic rings. The lowest BCUT2D eigenvalue weighted by Gasteiger charge is -2.22. The molecule has 1 atom stereocenters. The Bertz CT molecular complexity index is 377. The maximum absolute atomic E-state index is 11.7. The number of anilines is 1. The third kappa shape index (κ3) is 2.95. The Morgan fingerprint density at radius 1 is 1.44 bits per heavy atom. The smallest absolute Gasteiger partial charge is 0.255 e. The third-order valence-electron chi connectivity index (χ3n) is 2.20. The maximum Gasteiger partial charge on any atom is 0.255 e. The minimum atomic E-state index is -0.535. The molecule has 0 aromatic heterocycles. The highest BCUT2D eigenvalue weighted by Crippen LogP contribution is 2.15. The first kappa shape index (κ1) is 11.4. The fraction of sp³-hybridized carbons (Fsp3) is 0.364. The quantitative estimate of drug-likeness (QED) is 0.857. The lowest BCUT2D eigenvalue weighted by molar-refractivity contribution is -0.142. The molecule has 0 saturated carbocycles. The number of amides is 1. The summed E-state index contributed by atoms with van der Waals surface area (Å²) in [6.45, 7) is 1.29. The van der Waals surface area contributed by atoms with Gasteiger partial charge in [-0.05, 0) is 18.2 Å². The first-order chi connectivity index (χ1) is 7.75. The minimum absolute atomic E-state index is 0.207. The van der Waals surface area contributed by atoms with E-state index in [4.69, 9.17) is 21.1 Å². The van der Waals surface area contributed by atoms with Crippen LogP contribution in [0.15, 0.2) is 24.3 Å². The minimum Gasteiger partial charge on any atom is -0.376 e. The molecule has 1 saturated heterocycles. The largest absolute Gasteiger partial charge is 0.376 e. The average molecular weight is 242 g/mol. The molecule has 16 heavy (non-hydrogen) atoms. The number of carbonyl (C=O) groups is 1. The van der Waals surface area contributed by atoms with Crippen LogP contribution in [0.2, 0.25) is 5.02 Å². The monoisotopic (exact) mass is 241 g/mol. The average Bonchev–Trinajstić information content (AvgIpc) is 2.30. The van der Waals surface area contributed by atoms with Gasteiger partial charge < -0.3 is 14.8 Å². The first-order valence-electron chi connectivity index (χ1n) is 5.01. The van der Waals surface area contributed by atoms with Crippen LogP contribution in [0, 0.1) is 0 Å². The molecule has 1 aliphatic heterocycles. The molecular formula is C11H12ClNO3. The lowest BCUT2D eigenvalue weighted by Crippen LogP contribution is -2.39. The fourth-order valence-electron chi connectivity index (χ4n) is 1.43. The van der Waals surface area contributed by atoms with Crippen LogP contribution in [0.3, 0.4) is 0 Å². The summed E-state index contributed by atoms with van der Waals surface area (Å²) < 4.78 is 10.4. The maximum atomic E-state index is 11.7. The van der Waals surface area contributed by atoms with E-state index >= 15 is 0 Å². The zero-order valence-corrected chi connectivity index (χ0v) is 9.37. The van der Waals surface area contributed by atoms with E-state index in [1.807, 2.05) is 0 Å². The van der Waals surface area contributed by atoms with Crippen molar-refractivity contribution < 1.29 is 14.3 Å². The predicted molar refractivity (Wildman–Crippen MR) is 60.6 cm³/mol. The van der Waals surface area contributed by atoms with Crippen LogP contribution >= 0.6 is 11.6 Å².